The van der Waals surface area contributed by atoms with Gasteiger partial charge in [-0.1, -0.05) is 26.0 Å². The van der Waals surface area contributed by atoms with Crippen LogP contribution in [0.2, 0.25) is 0 Å². The number of carbonyl (C=O) groups excluding carboxylic acids is 1. The zero-order valence-corrected chi connectivity index (χ0v) is 18.5. The Morgan fingerprint density at radius 1 is 1.09 bits per heavy atom. The Morgan fingerprint density at radius 3 is 2.33 bits per heavy atom. The molecule has 172 valence electrons. The predicted molar refractivity (Wildman–Crippen MR) is 125 cm³/mol. The standard InChI is InChI=1S/C22H20N4O5.C2H6/c27-22-14-30-13-17(25-22)11-15-1-6-19(7-2-15)31-20-8-3-16(4-9-20)24-21-10-5-18(12-23-21)26(28)29;1-2/h1-10,12,17H,11,13-14H2,(H,23,24)(H,25,27);1-2H3. The number of nitrogens with zero attached hydrogens (tertiary/aromatic N) is 2. The topological polar surface area (TPSA) is 116 Å². The second kappa shape index (κ2) is 11.6. The number of anilines is 2. The molecule has 1 aliphatic rings. The number of carbonyl (C=O) groups is 1. The van der Waals surface area contributed by atoms with Gasteiger partial charge in [0.1, 0.15) is 30.1 Å². The molecule has 9 heteroatoms. The lowest BCUT2D eigenvalue weighted by Crippen LogP contribution is -2.46. The molecule has 2 heterocycles. The van der Waals surface area contributed by atoms with E-state index in [0.717, 1.165) is 11.3 Å². The van der Waals surface area contributed by atoms with Gasteiger partial charge in [-0.3, -0.25) is 14.9 Å². The van der Waals surface area contributed by atoms with E-state index in [1.165, 1.54) is 12.3 Å². The number of ether oxygens (including phenoxy) is 2. The van der Waals surface area contributed by atoms with E-state index in [2.05, 4.69) is 15.6 Å². The molecule has 0 bridgehead atoms. The van der Waals surface area contributed by atoms with Crippen molar-refractivity contribution in [2.75, 3.05) is 18.5 Å². The molecule has 0 saturated carbocycles. The molecule has 0 spiro atoms. The first-order valence-corrected chi connectivity index (χ1v) is 10.7. The van der Waals surface area contributed by atoms with Crippen molar-refractivity contribution in [2.24, 2.45) is 0 Å². The van der Waals surface area contributed by atoms with Crippen LogP contribution >= 0.6 is 0 Å². The molecular weight excluding hydrogens is 424 g/mol. The lowest BCUT2D eigenvalue weighted by molar-refractivity contribution is -0.385. The Labute approximate surface area is 191 Å². The number of morpholine rings is 1. The number of aromatic nitrogens is 1. The van der Waals surface area contributed by atoms with Gasteiger partial charge in [0.05, 0.1) is 17.6 Å². The summed E-state index contributed by atoms with van der Waals surface area (Å²) in [7, 11) is 0. The van der Waals surface area contributed by atoms with Crippen LogP contribution < -0.4 is 15.4 Å². The van der Waals surface area contributed by atoms with E-state index in [1.807, 2.05) is 62.4 Å². The van der Waals surface area contributed by atoms with Crippen LogP contribution in [0, 0.1) is 10.1 Å². The maximum Gasteiger partial charge on any atom is 0.287 e. The SMILES string of the molecule is CC.O=C1COCC(Cc2ccc(Oc3ccc(Nc4ccc([N+](=O)[O-])cn4)cc3)cc2)N1. The molecule has 3 aromatic rings. The Kier molecular flexibility index (Phi) is 8.31. The molecule has 1 aromatic heterocycles. The Hall–Kier alpha value is -3.98. The average Bonchev–Trinajstić information content (AvgIpc) is 2.83. The fraction of sp³-hybridized carbons (Fsp3) is 0.250. The molecule has 33 heavy (non-hydrogen) atoms. The van der Waals surface area contributed by atoms with E-state index in [4.69, 9.17) is 9.47 Å². The maximum atomic E-state index is 11.4. The molecule has 1 aliphatic heterocycles. The summed E-state index contributed by atoms with van der Waals surface area (Å²) in [6, 6.07) is 17.9. The number of amides is 1. The second-order valence-electron chi connectivity index (χ2n) is 7.04. The normalized spacial score (nSPS) is 15.0. The first kappa shape index (κ1) is 23.7. The highest BCUT2D eigenvalue weighted by Crippen LogP contribution is 2.25. The van der Waals surface area contributed by atoms with Gasteiger partial charge in [0, 0.05) is 11.8 Å². The number of hydrogen-bond donors (Lipinski definition) is 2. The molecule has 1 fully saturated rings. The van der Waals surface area contributed by atoms with Crippen molar-refractivity contribution in [2.45, 2.75) is 26.3 Å². The van der Waals surface area contributed by atoms with E-state index in [9.17, 15) is 14.9 Å². The largest absolute Gasteiger partial charge is 0.457 e. The van der Waals surface area contributed by atoms with Gasteiger partial charge in [-0.05, 0) is 54.4 Å². The van der Waals surface area contributed by atoms with Crippen molar-refractivity contribution in [1.29, 1.82) is 0 Å². The minimum Gasteiger partial charge on any atom is -0.457 e. The lowest BCUT2D eigenvalue weighted by Gasteiger charge is -2.23. The smallest absolute Gasteiger partial charge is 0.287 e. The van der Waals surface area contributed by atoms with Gasteiger partial charge in [-0.25, -0.2) is 4.98 Å². The maximum absolute atomic E-state index is 11.4. The molecule has 0 aliphatic carbocycles. The zero-order chi connectivity index (χ0) is 23.6. The van der Waals surface area contributed by atoms with Crippen LogP contribution in [-0.2, 0) is 16.0 Å². The average molecular weight is 450 g/mol. The molecule has 2 N–H and O–H groups in total. The van der Waals surface area contributed by atoms with Gasteiger partial charge >= 0.3 is 0 Å². The third-order valence-electron chi connectivity index (χ3n) is 4.64. The third-order valence-corrected chi connectivity index (χ3v) is 4.64. The van der Waals surface area contributed by atoms with Gasteiger partial charge in [0.2, 0.25) is 5.91 Å². The number of hydrogen-bond acceptors (Lipinski definition) is 7. The molecule has 2 aromatic carbocycles. The van der Waals surface area contributed by atoms with Gasteiger partial charge in [0.25, 0.3) is 5.69 Å². The van der Waals surface area contributed by atoms with Crippen molar-refractivity contribution in [3.63, 3.8) is 0 Å². The summed E-state index contributed by atoms with van der Waals surface area (Å²) >= 11 is 0. The first-order chi connectivity index (χ1) is 16.0. The number of nitrogens with one attached hydrogen (secondary N) is 2. The predicted octanol–water partition coefficient (Wildman–Crippen LogP) is 4.61. The minimum atomic E-state index is -0.488. The highest BCUT2D eigenvalue weighted by atomic mass is 16.6. The van der Waals surface area contributed by atoms with Crippen LogP contribution in [0.15, 0.2) is 66.9 Å². The monoisotopic (exact) mass is 450 g/mol. The van der Waals surface area contributed by atoms with E-state index < -0.39 is 4.92 Å². The molecule has 1 atom stereocenters. The van der Waals surface area contributed by atoms with Crippen molar-refractivity contribution in [3.8, 4) is 11.5 Å². The molecule has 4 rings (SSSR count). The van der Waals surface area contributed by atoms with Gasteiger partial charge < -0.3 is 20.1 Å². The van der Waals surface area contributed by atoms with E-state index >= 15 is 0 Å². The Balaban J connectivity index is 0.00000149. The summed E-state index contributed by atoms with van der Waals surface area (Å²) in [6.45, 7) is 4.64. The fourth-order valence-corrected chi connectivity index (χ4v) is 3.15. The quantitative estimate of drug-likeness (QED) is 0.399. The van der Waals surface area contributed by atoms with Crippen molar-refractivity contribution >= 4 is 23.1 Å². The number of pyridine rings is 1. The van der Waals surface area contributed by atoms with Crippen LogP contribution in [0.1, 0.15) is 19.4 Å². The molecule has 1 amide bonds. The van der Waals surface area contributed by atoms with E-state index in [1.54, 1.807) is 6.07 Å². The Morgan fingerprint density at radius 2 is 1.76 bits per heavy atom. The molecule has 1 saturated heterocycles. The second-order valence-corrected chi connectivity index (χ2v) is 7.04. The molecular formula is C24H26N4O5. The van der Waals surface area contributed by atoms with Crippen LogP contribution in [0.4, 0.5) is 17.2 Å². The molecule has 9 nitrogen and oxygen atoms in total. The van der Waals surface area contributed by atoms with Crippen molar-refractivity contribution in [1.82, 2.24) is 10.3 Å². The number of nitro groups is 1. The van der Waals surface area contributed by atoms with Gasteiger partial charge in [-0.15, -0.1) is 0 Å². The van der Waals surface area contributed by atoms with Crippen LogP contribution in [0.25, 0.3) is 0 Å². The van der Waals surface area contributed by atoms with Crippen LogP contribution in [0.5, 0.6) is 11.5 Å². The first-order valence-electron chi connectivity index (χ1n) is 10.7. The Bertz CT molecular complexity index is 1050. The van der Waals surface area contributed by atoms with Gasteiger partial charge in [0.15, 0.2) is 0 Å². The molecule has 1 unspecified atom stereocenters. The number of rotatable bonds is 7. The summed E-state index contributed by atoms with van der Waals surface area (Å²) in [5, 5.41) is 16.7. The van der Waals surface area contributed by atoms with Crippen LogP contribution in [-0.4, -0.2) is 35.1 Å². The summed E-state index contributed by atoms with van der Waals surface area (Å²) in [5.74, 6) is 1.79. The summed E-state index contributed by atoms with van der Waals surface area (Å²) in [5.41, 5.74) is 1.80. The van der Waals surface area contributed by atoms with E-state index in [0.29, 0.717) is 30.3 Å². The highest BCUT2D eigenvalue weighted by Gasteiger charge is 2.18. The molecule has 0 radical (unpaired) electrons. The van der Waals surface area contributed by atoms with E-state index in [-0.39, 0.29) is 24.2 Å². The van der Waals surface area contributed by atoms with Crippen LogP contribution in [0.3, 0.4) is 0 Å². The third kappa shape index (κ3) is 7.01. The van der Waals surface area contributed by atoms with Crippen molar-refractivity contribution < 1.29 is 19.2 Å². The summed E-state index contributed by atoms with van der Waals surface area (Å²) in [6.07, 6.45) is 1.90. The summed E-state index contributed by atoms with van der Waals surface area (Å²) in [4.78, 5) is 25.6. The minimum absolute atomic E-state index is 0.0155. The summed E-state index contributed by atoms with van der Waals surface area (Å²) < 4.78 is 11.1. The number of benzene rings is 2. The zero-order valence-electron chi connectivity index (χ0n) is 18.5. The fourth-order valence-electron chi connectivity index (χ4n) is 3.15. The van der Waals surface area contributed by atoms with Gasteiger partial charge in [-0.2, -0.15) is 0 Å². The van der Waals surface area contributed by atoms with Crippen molar-refractivity contribution in [3.05, 3.63) is 82.5 Å². The lowest BCUT2D eigenvalue weighted by atomic mass is 10.1. The highest BCUT2D eigenvalue weighted by molar-refractivity contribution is 5.78.